The Morgan fingerprint density at radius 2 is 1.88 bits per heavy atom. The van der Waals surface area contributed by atoms with Gasteiger partial charge in [0.1, 0.15) is 5.75 Å². The fourth-order valence-corrected chi connectivity index (χ4v) is 6.02. The second-order valence-corrected chi connectivity index (χ2v) is 11.9. The van der Waals surface area contributed by atoms with Crippen molar-refractivity contribution in [3.8, 4) is 5.75 Å². The van der Waals surface area contributed by atoms with Crippen molar-refractivity contribution in [2.45, 2.75) is 59.7 Å². The van der Waals surface area contributed by atoms with E-state index in [0.29, 0.717) is 26.2 Å². The van der Waals surface area contributed by atoms with Gasteiger partial charge in [-0.15, -0.1) is 0 Å². The molecule has 0 N–H and O–H groups in total. The maximum atomic E-state index is 13.6. The Morgan fingerprint density at radius 1 is 1.10 bits per heavy atom. The van der Waals surface area contributed by atoms with E-state index < -0.39 is 0 Å². The Bertz CT molecular complexity index is 1280. The number of benzene rings is 2. The first-order chi connectivity index (χ1) is 19.2. The van der Waals surface area contributed by atoms with Crippen molar-refractivity contribution >= 4 is 17.5 Å². The first kappa shape index (κ1) is 30.2. The van der Waals surface area contributed by atoms with Crippen LogP contribution in [0.2, 0.25) is 5.02 Å². The number of amides is 1. The number of likely N-dealkylation sites (tertiary alicyclic amines) is 1. The van der Waals surface area contributed by atoms with Gasteiger partial charge in [0.05, 0.1) is 13.2 Å². The van der Waals surface area contributed by atoms with Crippen molar-refractivity contribution in [1.82, 2.24) is 14.4 Å². The van der Waals surface area contributed by atoms with Crippen molar-refractivity contribution < 1.29 is 14.3 Å². The number of hydrogen-bond donors (Lipinski definition) is 0. The summed E-state index contributed by atoms with van der Waals surface area (Å²) in [7, 11) is 3.65. The largest absolute Gasteiger partial charge is 0.493 e. The molecule has 0 spiro atoms. The van der Waals surface area contributed by atoms with Crippen LogP contribution in [0.1, 0.15) is 47.3 Å². The van der Waals surface area contributed by atoms with Crippen LogP contribution >= 0.6 is 11.6 Å². The fraction of sp³-hybridized carbons (Fsp3) is 0.485. The molecule has 6 nitrogen and oxygen atoms in total. The van der Waals surface area contributed by atoms with Gasteiger partial charge in [0, 0.05) is 68.6 Å². The van der Waals surface area contributed by atoms with Crippen LogP contribution in [0.3, 0.4) is 0 Å². The first-order valence-electron chi connectivity index (χ1n) is 14.2. The standard InChI is InChI=1S/C33H44ClN3O3/c1-25-18-30(12-13-31(25)34)40-24-33(20-32(38)35(4)21-28-10-7-6-8-11-28)14-9-15-36(23-33)22-29-19-26(2)37(27(29)3)16-17-39-5/h6-8,10-13,18-19H,9,14-17,20-24H2,1-5H3. The highest BCUT2D eigenvalue weighted by atomic mass is 35.5. The second-order valence-electron chi connectivity index (χ2n) is 11.5. The highest BCUT2D eigenvalue weighted by molar-refractivity contribution is 6.31. The predicted molar refractivity (Wildman–Crippen MR) is 162 cm³/mol. The van der Waals surface area contributed by atoms with E-state index in [1.165, 1.54) is 17.0 Å². The number of carbonyl (C=O) groups is 1. The minimum Gasteiger partial charge on any atom is -0.493 e. The second kappa shape index (κ2) is 13.7. The van der Waals surface area contributed by atoms with Gasteiger partial charge < -0.3 is 18.9 Å². The molecule has 1 aliphatic heterocycles. The topological polar surface area (TPSA) is 46.9 Å². The van der Waals surface area contributed by atoms with Crippen molar-refractivity contribution in [2.24, 2.45) is 5.41 Å². The molecule has 1 amide bonds. The summed E-state index contributed by atoms with van der Waals surface area (Å²) < 4.78 is 14.1. The fourth-order valence-electron chi connectivity index (χ4n) is 5.90. The van der Waals surface area contributed by atoms with Gasteiger partial charge in [-0.1, -0.05) is 41.9 Å². The van der Waals surface area contributed by atoms with Crippen molar-refractivity contribution in [3.05, 3.63) is 87.7 Å². The highest BCUT2D eigenvalue weighted by Crippen LogP contribution is 2.36. The minimum absolute atomic E-state index is 0.152. The third-order valence-corrected chi connectivity index (χ3v) is 8.64. The monoisotopic (exact) mass is 565 g/mol. The van der Waals surface area contributed by atoms with Crippen LogP contribution < -0.4 is 4.74 Å². The maximum Gasteiger partial charge on any atom is 0.223 e. The van der Waals surface area contributed by atoms with E-state index in [1.54, 1.807) is 7.11 Å². The normalized spacial score (nSPS) is 17.6. The zero-order valence-electron chi connectivity index (χ0n) is 24.7. The lowest BCUT2D eigenvalue weighted by molar-refractivity contribution is -0.135. The molecule has 7 heteroatoms. The molecule has 0 saturated carbocycles. The number of aryl methyl sites for hydroxylation is 2. The van der Waals surface area contributed by atoms with Crippen LogP contribution in [0, 0.1) is 26.2 Å². The van der Waals surface area contributed by atoms with Gasteiger partial charge in [-0.2, -0.15) is 0 Å². The number of piperidine rings is 1. The number of nitrogens with zero attached hydrogens (tertiary/aromatic N) is 3. The number of carbonyl (C=O) groups excluding carboxylic acids is 1. The Labute approximate surface area is 244 Å². The summed E-state index contributed by atoms with van der Waals surface area (Å²) in [6.45, 7) is 11.7. The molecule has 1 unspecified atom stereocenters. The van der Waals surface area contributed by atoms with Gasteiger partial charge in [-0.05, 0) is 81.1 Å². The molecule has 1 saturated heterocycles. The molecule has 1 fully saturated rings. The predicted octanol–water partition coefficient (Wildman–Crippen LogP) is 6.42. The number of ether oxygens (including phenoxy) is 2. The molecule has 3 aromatic rings. The SMILES string of the molecule is COCCn1c(C)cc(CN2CCCC(COc3ccc(Cl)c(C)c3)(CC(=O)N(C)Cc3ccccc3)C2)c1C. The molecule has 40 heavy (non-hydrogen) atoms. The quantitative estimate of drug-likeness (QED) is 0.254. The van der Waals surface area contributed by atoms with Crippen LogP contribution in [0.5, 0.6) is 5.75 Å². The van der Waals surface area contributed by atoms with Crippen LogP contribution in [0.4, 0.5) is 0 Å². The lowest BCUT2D eigenvalue weighted by Crippen LogP contribution is -2.48. The molecule has 0 aliphatic carbocycles. The average Bonchev–Trinajstić information content (AvgIpc) is 3.20. The van der Waals surface area contributed by atoms with Crippen molar-refractivity contribution in [3.63, 3.8) is 0 Å². The molecule has 1 aliphatic rings. The summed E-state index contributed by atoms with van der Waals surface area (Å²) in [5, 5.41) is 0.728. The third-order valence-electron chi connectivity index (χ3n) is 8.22. The summed E-state index contributed by atoms with van der Waals surface area (Å²) in [6, 6.07) is 18.2. The van der Waals surface area contributed by atoms with E-state index in [0.717, 1.165) is 60.9 Å². The zero-order chi connectivity index (χ0) is 28.7. The van der Waals surface area contributed by atoms with E-state index >= 15 is 0 Å². The zero-order valence-corrected chi connectivity index (χ0v) is 25.5. The van der Waals surface area contributed by atoms with E-state index in [4.69, 9.17) is 21.1 Å². The average molecular weight is 566 g/mol. The van der Waals surface area contributed by atoms with Crippen LogP contribution in [-0.2, 0) is 29.2 Å². The molecule has 216 valence electrons. The molecule has 4 rings (SSSR count). The van der Waals surface area contributed by atoms with E-state index in [9.17, 15) is 4.79 Å². The minimum atomic E-state index is -0.282. The highest BCUT2D eigenvalue weighted by Gasteiger charge is 2.39. The van der Waals surface area contributed by atoms with Crippen LogP contribution in [0.15, 0.2) is 54.6 Å². The molecule has 0 bridgehead atoms. The van der Waals surface area contributed by atoms with Crippen LogP contribution in [0.25, 0.3) is 0 Å². The van der Waals surface area contributed by atoms with Crippen LogP contribution in [-0.4, -0.2) is 60.7 Å². The number of aromatic nitrogens is 1. The Balaban J connectivity index is 1.52. The summed E-state index contributed by atoms with van der Waals surface area (Å²) >= 11 is 6.26. The lowest BCUT2D eigenvalue weighted by atomic mass is 9.77. The first-order valence-corrected chi connectivity index (χ1v) is 14.6. The summed E-state index contributed by atoms with van der Waals surface area (Å²) in [5.74, 6) is 0.949. The Morgan fingerprint density at radius 3 is 2.60 bits per heavy atom. The van der Waals surface area contributed by atoms with Crippen molar-refractivity contribution in [1.29, 1.82) is 0 Å². The number of halogens is 1. The molecule has 1 aromatic heterocycles. The number of methoxy groups -OCH3 is 1. The Hall–Kier alpha value is -2.80. The maximum absolute atomic E-state index is 13.6. The van der Waals surface area contributed by atoms with Gasteiger partial charge in [-0.25, -0.2) is 0 Å². The molecular weight excluding hydrogens is 522 g/mol. The van der Waals surface area contributed by atoms with E-state index in [2.05, 4.69) is 41.5 Å². The Kier molecular flexibility index (Phi) is 10.3. The molecule has 1 atom stereocenters. The lowest BCUT2D eigenvalue weighted by Gasteiger charge is -2.43. The van der Waals surface area contributed by atoms with E-state index in [1.807, 2.05) is 55.3 Å². The molecular formula is C33H44ClN3O3. The smallest absolute Gasteiger partial charge is 0.223 e. The summed E-state index contributed by atoms with van der Waals surface area (Å²) in [5.41, 5.74) is 5.72. The van der Waals surface area contributed by atoms with Gasteiger partial charge in [0.25, 0.3) is 0 Å². The third kappa shape index (κ3) is 7.68. The summed E-state index contributed by atoms with van der Waals surface area (Å²) in [6.07, 6.45) is 2.43. The molecule has 0 radical (unpaired) electrons. The van der Waals surface area contributed by atoms with Gasteiger partial charge in [0.2, 0.25) is 5.91 Å². The molecule has 2 aromatic carbocycles. The summed E-state index contributed by atoms with van der Waals surface area (Å²) in [4.78, 5) is 18.0. The molecule has 2 heterocycles. The number of rotatable bonds is 12. The van der Waals surface area contributed by atoms with Gasteiger partial charge in [0.15, 0.2) is 0 Å². The number of hydrogen-bond acceptors (Lipinski definition) is 4. The van der Waals surface area contributed by atoms with Crippen molar-refractivity contribution in [2.75, 3.05) is 40.5 Å². The van der Waals surface area contributed by atoms with Gasteiger partial charge in [-0.3, -0.25) is 9.69 Å². The van der Waals surface area contributed by atoms with Gasteiger partial charge >= 0.3 is 0 Å². The van der Waals surface area contributed by atoms with E-state index in [-0.39, 0.29) is 11.3 Å².